The summed E-state index contributed by atoms with van der Waals surface area (Å²) < 4.78 is 92.1. The molecule has 0 radical (unpaired) electrons. The largest absolute Gasteiger partial charge is 0.391 e. The van der Waals surface area contributed by atoms with E-state index in [2.05, 4.69) is 50.6 Å². The fraction of sp³-hybridized carbons (Fsp3) is 0.772. The summed E-state index contributed by atoms with van der Waals surface area (Å²) in [4.78, 5) is 67.5. The molecule has 3 amide bonds. The molecule has 0 aliphatic carbocycles. The molecule has 12 N–H and O–H groups in total. The third-order valence-corrected chi connectivity index (χ3v) is 17.4. The number of aromatic nitrogens is 4. The average molecular weight is 1520 g/mol. The zero-order chi connectivity index (χ0) is 72.4. The molecule has 4 fully saturated rings. The SMILES string of the molecule is O=C(CCC(O)C(NC(=O)COCCOCCOCCNc1ccc([N+](=O)[O-])cc1[N+](=O)[O-])C(O)CCC(=O)NCCOCCOCCOCCOC[C@@]12CO[C@@H](O1)[C@H](Nc1nc(Cl)ns1)[C@@H](O)[C@H]2O)NCCOCCOCCOCCOC[C@@]12CO[C@@H](O1)[C@H](Nc1nc(Cl)ns1)[C@@H](O)[C@H]2O. The quantitative estimate of drug-likeness (QED) is 0.0162. The van der Waals surface area contributed by atoms with Gasteiger partial charge < -0.3 is 134 Å². The van der Waals surface area contributed by atoms with Crippen molar-refractivity contribution in [1.82, 2.24) is 34.7 Å². The van der Waals surface area contributed by atoms with Gasteiger partial charge in [0.1, 0.15) is 60.0 Å². The van der Waals surface area contributed by atoms with E-state index in [0.29, 0.717) is 10.3 Å². The number of non-ortho nitro benzene ring substituents is 1. The predicted octanol–water partition coefficient (Wildman–Crippen LogP) is -2.24. The number of ether oxygens (including phenoxy) is 15. The lowest BCUT2D eigenvalue weighted by Crippen LogP contribution is -2.64. The molecule has 101 heavy (non-hydrogen) atoms. The number of aliphatic hydroxyl groups excluding tert-OH is 6. The number of rotatable bonds is 55. The Balaban J connectivity index is 0.702. The highest BCUT2D eigenvalue weighted by Crippen LogP contribution is 2.40. The molecule has 7 rings (SSSR count). The van der Waals surface area contributed by atoms with Gasteiger partial charge in [-0.05, 0) is 42.1 Å². The number of carbonyl (C=O) groups excluding carboxylic acids is 3. The van der Waals surface area contributed by atoms with Gasteiger partial charge in [-0.2, -0.15) is 18.7 Å². The summed E-state index contributed by atoms with van der Waals surface area (Å²) in [5.74, 6) is -1.60. The van der Waals surface area contributed by atoms with Crippen LogP contribution in [-0.4, -0.2) is 334 Å². The van der Waals surface area contributed by atoms with E-state index in [9.17, 15) is 65.3 Å². The molecule has 1 aromatic carbocycles. The summed E-state index contributed by atoms with van der Waals surface area (Å²) in [6.45, 7) is 3.14. The van der Waals surface area contributed by atoms with Crippen LogP contribution in [0.15, 0.2) is 18.2 Å². The number of benzene rings is 1. The number of halogens is 2. The highest BCUT2D eigenvalue weighted by atomic mass is 35.5. The van der Waals surface area contributed by atoms with E-state index in [1.165, 1.54) is 6.07 Å². The Kier molecular flexibility index (Phi) is 36.5. The molecule has 0 spiro atoms. The minimum atomic E-state index is -1.44. The Bertz CT molecular complexity index is 2830. The molecule has 570 valence electrons. The first-order valence-electron chi connectivity index (χ1n) is 32.3. The second kappa shape index (κ2) is 44.5. The summed E-state index contributed by atoms with van der Waals surface area (Å²) in [6.07, 6.45) is -10.6. The number of carbonyl (C=O) groups is 3. The molecule has 2 unspecified atom stereocenters. The van der Waals surface area contributed by atoms with Gasteiger partial charge in [-0.25, -0.2) is 0 Å². The number of aliphatic hydroxyl groups is 6. The van der Waals surface area contributed by atoms with Gasteiger partial charge in [-0.1, -0.05) is 0 Å². The van der Waals surface area contributed by atoms with Crippen molar-refractivity contribution in [3.63, 3.8) is 0 Å². The van der Waals surface area contributed by atoms with E-state index in [1.807, 2.05) is 0 Å². The van der Waals surface area contributed by atoms with Crippen LogP contribution in [0.2, 0.25) is 10.6 Å². The van der Waals surface area contributed by atoms with Crippen LogP contribution in [-0.2, 0) is 85.4 Å². The normalized spacial score (nSPS) is 23.8. The van der Waals surface area contributed by atoms with Crippen molar-refractivity contribution in [2.45, 2.75) is 104 Å². The zero-order valence-electron chi connectivity index (χ0n) is 54.9. The number of nitrogens with zero attached hydrogens (tertiary/aromatic N) is 6. The van der Waals surface area contributed by atoms with E-state index in [1.54, 1.807) is 0 Å². The van der Waals surface area contributed by atoms with Crippen LogP contribution < -0.4 is 31.9 Å². The molecule has 4 bridgehead atoms. The lowest BCUT2D eigenvalue weighted by atomic mass is 9.88. The lowest BCUT2D eigenvalue weighted by Gasteiger charge is -2.42. The minimum absolute atomic E-state index is 0.00477. The third-order valence-electron chi connectivity index (χ3n) is 15.6. The van der Waals surface area contributed by atoms with Crippen LogP contribution in [0.25, 0.3) is 0 Å². The molecular weight excluding hydrogens is 1440 g/mol. The van der Waals surface area contributed by atoms with Gasteiger partial charge in [0.15, 0.2) is 12.6 Å². The van der Waals surface area contributed by atoms with Gasteiger partial charge in [0.2, 0.25) is 38.6 Å². The van der Waals surface area contributed by atoms with Crippen molar-refractivity contribution in [3.05, 3.63) is 49.0 Å². The number of nitro groups is 2. The van der Waals surface area contributed by atoms with Crippen molar-refractivity contribution in [3.8, 4) is 0 Å². The Hall–Kier alpha value is -5.31. The molecular formula is C57H88Cl2N12O28S2. The zero-order valence-corrected chi connectivity index (χ0v) is 58.1. The van der Waals surface area contributed by atoms with Crippen LogP contribution in [0.3, 0.4) is 0 Å². The maximum Gasteiger partial charge on any atom is 0.299 e. The van der Waals surface area contributed by atoms with Crippen molar-refractivity contribution < 1.29 is 126 Å². The van der Waals surface area contributed by atoms with Crippen molar-refractivity contribution in [2.75, 3.05) is 194 Å². The number of fused-ring (bicyclic) bond motifs is 4. The van der Waals surface area contributed by atoms with E-state index in [4.69, 9.17) is 94.3 Å². The summed E-state index contributed by atoms with van der Waals surface area (Å²) in [5, 5.41) is 106. The van der Waals surface area contributed by atoms with E-state index < -0.39 is 124 Å². The Morgan fingerprint density at radius 3 is 1.36 bits per heavy atom. The smallest absolute Gasteiger partial charge is 0.299 e. The standard InChI is InChI=1S/C57H88Cl2N12O28S2/c58-52-66-54(100-68-52)64-44-46(77)48(79)56(33-96-50(44)98-56)31-94-27-24-91-21-19-88-16-14-86-11-8-61-40(74)5-3-38(72)43(63-42(76)30-93-26-23-90-18-13-85-10-7-60-36-2-1-35(70(81)82)29-37(36)71(83)84)39(73)4-6-41(75)62-9-12-87-15-17-89-20-22-92-25-28-95-32-57-34-97-51(99-57)45(47(78)49(57)80)65-55-67-53(59)69-101-55/h1-2,29,38-39,43-51,60,72-73,77-80H,3-28,30-34H2,(H,61,74)(H,62,75)(H,63,76)(H,64,66,68)(H,65,67,69)/t38?,39?,43?,44-,45-,46-,47-,48-,49-,50+,51+,56+,57+/m1/s1. The molecule has 4 saturated heterocycles. The molecule has 0 saturated carbocycles. The summed E-state index contributed by atoms with van der Waals surface area (Å²) >= 11 is 13.6. The molecule has 4 aliphatic heterocycles. The molecule has 44 heteroatoms. The molecule has 4 aliphatic rings. The molecule has 2 aromatic heterocycles. The minimum Gasteiger partial charge on any atom is -0.391 e. The second-order valence-electron chi connectivity index (χ2n) is 22.9. The monoisotopic (exact) mass is 1520 g/mol. The first-order valence-corrected chi connectivity index (χ1v) is 34.6. The second-order valence-corrected chi connectivity index (χ2v) is 25.1. The Morgan fingerprint density at radius 2 is 0.960 bits per heavy atom. The van der Waals surface area contributed by atoms with Crippen LogP contribution in [0.1, 0.15) is 25.7 Å². The van der Waals surface area contributed by atoms with Crippen LogP contribution in [0.4, 0.5) is 27.3 Å². The Morgan fingerprint density at radius 1 is 0.564 bits per heavy atom. The third kappa shape index (κ3) is 27.6. The molecule has 3 aromatic rings. The predicted molar refractivity (Wildman–Crippen MR) is 351 cm³/mol. The molecule has 12 atom stereocenters. The van der Waals surface area contributed by atoms with E-state index in [-0.39, 0.29) is 214 Å². The van der Waals surface area contributed by atoms with Gasteiger partial charge in [0.25, 0.3) is 11.4 Å². The summed E-state index contributed by atoms with van der Waals surface area (Å²) in [7, 11) is 0. The van der Waals surface area contributed by atoms with Gasteiger partial charge in [-0.3, -0.25) is 34.6 Å². The maximum atomic E-state index is 13.1. The number of nitrogens with one attached hydrogen (secondary N) is 6. The molecule has 40 nitrogen and oxygen atoms in total. The van der Waals surface area contributed by atoms with E-state index >= 15 is 0 Å². The summed E-state index contributed by atoms with van der Waals surface area (Å²) in [5.41, 5.74) is -3.32. The number of hydrogen-bond acceptors (Lipinski definition) is 37. The van der Waals surface area contributed by atoms with Crippen molar-refractivity contribution in [1.29, 1.82) is 0 Å². The highest BCUT2D eigenvalue weighted by molar-refractivity contribution is 7.10. The first kappa shape index (κ1) is 83.0. The van der Waals surface area contributed by atoms with Crippen molar-refractivity contribution in [2.24, 2.45) is 0 Å². The Labute approximate surface area is 596 Å². The topological polar surface area (TPSA) is 521 Å². The number of amides is 3. The maximum absolute atomic E-state index is 13.1. The fourth-order valence-corrected chi connectivity index (χ4v) is 11.9. The van der Waals surface area contributed by atoms with Crippen molar-refractivity contribution >= 4 is 91.3 Å². The van der Waals surface area contributed by atoms with E-state index in [0.717, 1.165) is 35.2 Å². The van der Waals surface area contributed by atoms with Gasteiger partial charge >= 0.3 is 0 Å². The van der Waals surface area contributed by atoms with Crippen LogP contribution >= 0.6 is 46.3 Å². The highest BCUT2D eigenvalue weighted by Gasteiger charge is 2.61. The van der Waals surface area contributed by atoms with Crippen LogP contribution in [0, 0.1) is 20.2 Å². The summed E-state index contributed by atoms with van der Waals surface area (Å²) in [6, 6.07) is 0.286. The van der Waals surface area contributed by atoms with Gasteiger partial charge in [0, 0.05) is 61.6 Å². The number of hydrogen-bond donors (Lipinski definition) is 12. The average Bonchev–Trinajstić information content (AvgIpc) is 1.63. The van der Waals surface area contributed by atoms with Gasteiger partial charge in [0.05, 0.1) is 186 Å². The molecule has 6 heterocycles. The fourth-order valence-electron chi connectivity index (χ4n) is 10.4. The number of anilines is 3. The van der Waals surface area contributed by atoms with Gasteiger partial charge in [-0.15, -0.1) is 0 Å². The first-order chi connectivity index (χ1) is 48.8. The van der Waals surface area contributed by atoms with Crippen LogP contribution in [0.5, 0.6) is 0 Å². The number of nitro benzene ring substituents is 2. The lowest BCUT2D eigenvalue weighted by molar-refractivity contribution is -0.393.